The van der Waals surface area contributed by atoms with Crippen molar-refractivity contribution in [1.82, 2.24) is 10.2 Å². The maximum Gasteiger partial charge on any atom is 0.0927 e. The van der Waals surface area contributed by atoms with Crippen LogP contribution in [0.3, 0.4) is 0 Å². The molecular formula is C17H16N4. The third kappa shape index (κ3) is 3.00. The van der Waals surface area contributed by atoms with Gasteiger partial charge in [0.05, 0.1) is 17.1 Å². The number of hydrogen-bond donors (Lipinski definition) is 2. The van der Waals surface area contributed by atoms with Crippen molar-refractivity contribution in [3.05, 3.63) is 78.0 Å². The SMILES string of the molecule is N/N=C(/Cc1ccccc1)c1cc(-c2ccccc2)n[nH]1. The van der Waals surface area contributed by atoms with Gasteiger partial charge in [0.15, 0.2) is 0 Å². The number of hydrogen-bond acceptors (Lipinski definition) is 3. The van der Waals surface area contributed by atoms with Crippen molar-refractivity contribution >= 4 is 5.71 Å². The summed E-state index contributed by atoms with van der Waals surface area (Å²) in [4.78, 5) is 0. The van der Waals surface area contributed by atoms with E-state index >= 15 is 0 Å². The standard InChI is InChI=1S/C17H16N4/c18-19-16(11-13-7-3-1-4-8-13)17-12-15(20-21-17)14-9-5-2-6-10-14/h1-10,12H,11,18H2,(H,20,21)/b19-16-. The van der Waals surface area contributed by atoms with Crippen LogP contribution in [0.5, 0.6) is 0 Å². The Morgan fingerprint density at radius 3 is 2.33 bits per heavy atom. The highest BCUT2D eigenvalue weighted by atomic mass is 15.2. The molecule has 0 fully saturated rings. The van der Waals surface area contributed by atoms with Crippen LogP contribution in [0.2, 0.25) is 0 Å². The Labute approximate surface area is 123 Å². The molecule has 4 nitrogen and oxygen atoms in total. The van der Waals surface area contributed by atoms with Gasteiger partial charge in [-0.1, -0.05) is 60.7 Å². The summed E-state index contributed by atoms with van der Waals surface area (Å²) in [5.41, 5.74) is 4.75. The van der Waals surface area contributed by atoms with Gasteiger partial charge < -0.3 is 5.84 Å². The summed E-state index contributed by atoms with van der Waals surface area (Å²) >= 11 is 0. The van der Waals surface area contributed by atoms with E-state index in [1.807, 2.05) is 54.6 Å². The predicted molar refractivity (Wildman–Crippen MR) is 84.9 cm³/mol. The Morgan fingerprint density at radius 2 is 1.67 bits per heavy atom. The maximum absolute atomic E-state index is 5.54. The van der Waals surface area contributed by atoms with Gasteiger partial charge >= 0.3 is 0 Å². The predicted octanol–water partition coefficient (Wildman–Crippen LogP) is 2.98. The third-order valence-electron chi connectivity index (χ3n) is 3.33. The number of hydrazone groups is 1. The van der Waals surface area contributed by atoms with E-state index in [4.69, 9.17) is 5.84 Å². The molecule has 0 radical (unpaired) electrons. The summed E-state index contributed by atoms with van der Waals surface area (Å²) in [7, 11) is 0. The molecule has 3 rings (SSSR count). The first kappa shape index (κ1) is 13.1. The minimum Gasteiger partial charge on any atom is -0.323 e. The Balaban J connectivity index is 1.85. The average Bonchev–Trinajstić information content (AvgIpc) is 3.04. The molecule has 21 heavy (non-hydrogen) atoms. The molecule has 3 aromatic rings. The molecule has 0 spiro atoms. The second-order valence-corrected chi connectivity index (χ2v) is 4.77. The van der Waals surface area contributed by atoms with E-state index in [1.165, 1.54) is 0 Å². The van der Waals surface area contributed by atoms with Crippen molar-refractivity contribution in [2.24, 2.45) is 10.9 Å². The maximum atomic E-state index is 5.54. The van der Waals surface area contributed by atoms with Crippen LogP contribution < -0.4 is 5.84 Å². The molecule has 0 saturated heterocycles. The molecule has 1 aromatic heterocycles. The summed E-state index contributed by atoms with van der Waals surface area (Å²) < 4.78 is 0. The van der Waals surface area contributed by atoms with Crippen molar-refractivity contribution in [1.29, 1.82) is 0 Å². The average molecular weight is 276 g/mol. The van der Waals surface area contributed by atoms with Crippen LogP contribution in [-0.4, -0.2) is 15.9 Å². The van der Waals surface area contributed by atoms with E-state index in [-0.39, 0.29) is 0 Å². The number of benzene rings is 2. The van der Waals surface area contributed by atoms with Crippen LogP contribution in [0.4, 0.5) is 0 Å². The highest BCUT2D eigenvalue weighted by molar-refractivity contribution is 6.00. The molecule has 3 N–H and O–H groups in total. The summed E-state index contributed by atoms with van der Waals surface area (Å²) in [5, 5.41) is 11.3. The number of nitrogens with one attached hydrogen (secondary N) is 1. The minimum atomic E-state index is 0.674. The van der Waals surface area contributed by atoms with Crippen molar-refractivity contribution < 1.29 is 0 Å². The van der Waals surface area contributed by atoms with E-state index in [0.717, 1.165) is 28.2 Å². The molecule has 0 atom stereocenters. The molecule has 1 heterocycles. The molecule has 0 aliphatic heterocycles. The number of nitrogens with two attached hydrogens (primary N) is 1. The van der Waals surface area contributed by atoms with Crippen LogP contribution in [0.25, 0.3) is 11.3 Å². The summed E-state index contributed by atoms with van der Waals surface area (Å²) in [6, 6.07) is 22.1. The van der Waals surface area contributed by atoms with Crippen LogP contribution >= 0.6 is 0 Å². The Kier molecular flexibility index (Phi) is 3.78. The molecule has 0 unspecified atom stereocenters. The lowest BCUT2D eigenvalue weighted by Crippen LogP contribution is -2.08. The number of nitrogens with zero attached hydrogens (tertiary/aromatic N) is 2. The fourth-order valence-corrected chi connectivity index (χ4v) is 2.23. The fraction of sp³-hybridized carbons (Fsp3) is 0.0588. The molecule has 0 aliphatic carbocycles. The van der Waals surface area contributed by atoms with Crippen molar-refractivity contribution in [3.63, 3.8) is 0 Å². The van der Waals surface area contributed by atoms with Gasteiger partial charge in [-0.15, -0.1) is 0 Å². The van der Waals surface area contributed by atoms with Crippen molar-refractivity contribution in [2.75, 3.05) is 0 Å². The molecule has 104 valence electrons. The number of H-pyrrole nitrogens is 1. The zero-order chi connectivity index (χ0) is 14.5. The molecule has 0 amide bonds. The van der Waals surface area contributed by atoms with Gasteiger partial charge in [-0.3, -0.25) is 5.10 Å². The lowest BCUT2D eigenvalue weighted by Gasteiger charge is -2.02. The van der Waals surface area contributed by atoms with Crippen LogP contribution in [-0.2, 0) is 6.42 Å². The molecule has 2 aromatic carbocycles. The normalized spacial score (nSPS) is 11.5. The van der Waals surface area contributed by atoms with E-state index in [0.29, 0.717) is 6.42 Å². The molecule has 0 aliphatic rings. The Hall–Kier alpha value is -2.88. The molecule has 0 saturated carbocycles. The largest absolute Gasteiger partial charge is 0.323 e. The summed E-state index contributed by atoms with van der Waals surface area (Å²) in [5.74, 6) is 5.54. The monoisotopic (exact) mass is 276 g/mol. The van der Waals surface area contributed by atoms with Gasteiger partial charge in [0.1, 0.15) is 0 Å². The highest BCUT2D eigenvalue weighted by Crippen LogP contribution is 2.18. The van der Waals surface area contributed by atoms with Crippen molar-refractivity contribution in [3.8, 4) is 11.3 Å². The first-order valence-electron chi connectivity index (χ1n) is 6.78. The topological polar surface area (TPSA) is 67.1 Å². The number of rotatable bonds is 4. The highest BCUT2D eigenvalue weighted by Gasteiger charge is 2.10. The second-order valence-electron chi connectivity index (χ2n) is 4.77. The molecular weight excluding hydrogens is 260 g/mol. The Morgan fingerprint density at radius 1 is 1.00 bits per heavy atom. The smallest absolute Gasteiger partial charge is 0.0927 e. The van der Waals surface area contributed by atoms with Crippen LogP contribution in [0.15, 0.2) is 71.8 Å². The van der Waals surface area contributed by atoms with Gasteiger partial charge in [-0.2, -0.15) is 10.2 Å². The zero-order valence-electron chi connectivity index (χ0n) is 11.5. The van der Waals surface area contributed by atoms with Gasteiger partial charge in [0.2, 0.25) is 0 Å². The van der Waals surface area contributed by atoms with E-state index < -0.39 is 0 Å². The van der Waals surface area contributed by atoms with Gasteiger partial charge in [-0.25, -0.2) is 0 Å². The lowest BCUT2D eigenvalue weighted by molar-refractivity contribution is 1.07. The molecule has 4 heteroatoms. The zero-order valence-corrected chi connectivity index (χ0v) is 11.5. The Bertz CT molecular complexity index is 730. The third-order valence-corrected chi connectivity index (χ3v) is 3.33. The lowest BCUT2D eigenvalue weighted by atomic mass is 10.1. The first-order chi connectivity index (χ1) is 10.4. The fourth-order valence-electron chi connectivity index (χ4n) is 2.23. The van der Waals surface area contributed by atoms with Gasteiger partial charge in [-0.05, 0) is 11.6 Å². The van der Waals surface area contributed by atoms with Gasteiger partial charge in [0, 0.05) is 12.0 Å². The van der Waals surface area contributed by atoms with Crippen LogP contribution in [0, 0.1) is 0 Å². The van der Waals surface area contributed by atoms with Gasteiger partial charge in [0.25, 0.3) is 0 Å². The second kappa shape index (κ2) is 6.05. The van der Waals surface area contributed by atoms with E-state index in [9.17, 15) is 0 Å². The minimum absolute atomic E-state index is 0.674. The van der Waals surface area contributed by atoms with Crippen molar-refractivity contribution in [2.45, 2.75) is 6.42 Å². The number of aromatic amines is 1. The summed E-state index contributed by atoms with van der Waals surface area (Å²) in [6.45, 7) is 0. The van der Waals surface area contributed by atoms with Crippen LogP contribution in [0.1, 0.15) is 11.3 Å². The number of aromatic nitrogens is 2. The first-order valence-corrected chi connectivity index (χ1v) is 6.78. The van der Waals surface area contributed by atoms with E-state index in [2.05, 4.69) is 27.4 Å². The molecule has 0 bridgehead atoms. The quantitative estimate of drug-likeness (QED) is 0.437. The van der Waals surface area contributed by atoms with E-state index in [1.54, 1.807) is 0 Å². The summed E-state index contributed by atoms with van der Waals surface area (Å²) in [6.07, 6.45) is 0.674.